The lowest BCUT2D eigenvalue weighted by molar-refractivity contribution is 0.559. The second kappa shape index (κ2) is 5.96. The van der Waals surface area contributed by atoms with Crippen LogP contribution in [0.4, 0.5) is 5.69 Å². The lowest BCUT2D eigenvalue weighted by Crippen LogP contribution is -2.29. The minimum atomic E-state index is -1.65. The van der Waals surface area contributed by atoms with E-state index in [1.165, 1.54) is 6.33 Å². The zero-order valence-electron chi connectivity index (χ0n) is 12.3. The van der Waals surface area contributed by atoms with Crippen LogP contribution in [0.3, 0.4) is 0 Å². The van der Waals surface area contributed by atoms with Gasteiger partial charge in [-0.3, -0.25) is 0 Å². The van der Waals surface area contributed by atoms with Crippen LogP contribution in [0.5, 0.6) is 5.75 Å². The van der Waals surface area contributed by atoms with Crippen molar-refractivity contribution in [3.05, 3.63) is 48.5 Å². The Labute approximate surface area is 120 Å². The van der Waals surface area contributed by atoms with Gasteiger partial charge in [-0.15, -0.1) is 0 Å². The summed E-state index contributed by atoms with van der Waals surface area (Å²) in [4.78, 5) is 12.7. The molecule has 1 aromatic heterocycles. The monoisotopic (exact) mass is 285 g/mol. The van der Waals surface area contributed by atoms with Crippen LogP contribution in [0, 0.1) is 0 Å². The Kier molecular flexibility index (Phi) is 4.29. The van der Waals surface area contributed by atoms with E-state index >= 15 is 0 Å². The Bertz CT molecular complexity index is 606. The molecule has 4 nitrogen and oxygen atoms in total. The zero-order chi connectivity index (χ0) is 14.6. The molecule has 0 unspecified atom stereocenters. The molecule has 0 fully saturated rings. The first-order valence-electron chi connectivity index (χ1n) is 6.54. The molecule has 2 rings (SSSR count). The van der Waals surface area contributed by atoms with Crippen molar-refractivity contribution in [2.24, 2.45) is 4.99 Å². The zero-order valence-corrected chi connectivity index (χ0v) is 13.3. The van der Waals surface area contributed by atoms with Crippen molar-refractivity contribution in [1.29, 1.82) is 0 Å². The molecule has 0 aliphatic carbocycles. The average Bonchev–Trinajstić information content (AvgIpc) is 2.40. The number of rotatable bonds is 4. The standard InChI is InChI=1S/C15H19N3OSi/c1-12(13-9-16-11-17-10-13)18-14-7-5-6-8-15(14)19-20(2,3)4/h5-11H,1-4H3. The van der Waals surface area contributed by atoms with Crippen LogP contribution < -0.4 is 4.43 Å². The van der Waals surface area contributed by atoms with Gasteiger partial charge >= 0.3 is 0 Å². The molecule has 20 heavy (non-hydrogen) atoms. The molecule has 0 aliphatic heterocycles. The summed E-state index contributed by atoms with van der Waals surface area (Å²) in [5.41, 5.74) is 2.63. The Hall–Kier alpha value is -2.01. The van der Waals surface area contributed by atoms with E-state index in [1.54, 1.807) is 12.4 Å². The summed E-state index contributed by atoms with van der Waals surface area (Å²) < 4.78 is 6.07. The van der Waals surface area contributed by atoms with Crippen LogP contribution in [-0.2, 0) is 0 Å². The van der Waals surface area contributed by atoms with Crippen molar-refractivity contribution in [2.75, 3.05) is 0 Å². The van der Waals surface area contributed by atoms with Crippen LogP contribution in [0.1, 0.15) is 12.5 Å². The molecule has 0 atom stereocenters. The predicted octanol–water partition coefficient (Wildman–Crippen LogP) is 3.83. The molecule has 1 aromatic carbocycles. The Balaban J connectivity index is 2.34. The first-order chi connectivity index (χ1) is 9.46. The molecular weight excluding hydrogens is 266 g/mol. The van der Waals surface area contributed by atoms with Crippen molar-refractivity contribution in [3.8, 4) is 5.75 Å². The summed E-state index contributed by atoms with van der Waals surface area (Å²) in [6, 6.07) is 7.86. The molecule has 0 bridgehead atoms. The van der Waals surface area contributed by atoms with Gasteiger partial charge in [-0.25, -0.2) is 15.0 Å². The molecule has 0 aliphatic rings. The summed E-state index contributed by atoms with van der Waals surface area (Å²) in [5.74, 6) is 0.836. The fourth-order valence-electron chi connectivity index (χ4n) is 1.70. The van der Waals surface area contributed by atoms with E-state index < -0.39 is 8.32 Å². The smallest absolute Gasteiger partial charge is 0.242 e. The normalized spacial score (nSPS) is 12.3. The van der Waals surface area contributed by atoms with Gasteiger partial charge in [0, 0.05) is 23.7 Å². The summed E-state index contributed by atoms with van der Waals surface area (Å²) in [6.07, 6.45) is 5.03. The number of hydrogen-bond donors (Lipinski definition) is 0. The highest BCUT2D eigenvalue weighted by molar-refractivity contribution is 6.70. The van der Waals surface area contributed by atoms with Crippen LogP contribution >= 0.6 is 0 Å². The average molecular weight is 285 g/mol. The number of nitrogens with zero attached hydrogens (tertiary/aromatic N) is 3. The lowest BCUT2D eigenvalue weighted by atomic mass is 10.2. The van der Waals surface area contributed by atoms with Gasteiger partial charge < -0.3 is 4.43 Å². The maximum absolute atomic E-state index is 6.07. The first-order valence-corrected chi connectivity index (χ1v) is 9.95. The van der Waals surface area contributed by atoms with Gasteiger partial charge in [0.15, 0.2) is 0 Å². The third-order valence-corrected chi connectivity index (χ3v) is 3.38. The van der Waals surface area contributed by atoms with Gasteiger partial charge in [-0.1, -0.05) is 12.1 Å². The predicted molar refractivity (Wildman–Crippen MR) is 84.3 cm³/mol. The third-order valence-electron chi connectivity index (χ3n) is 2.55. The van der Waals surface area contributed by atoms with E-state index in [2.05, 4.69) is 34.6 Å². The maximum Gasteiger partial charge on any atom is 0.242 e. The van der Waals surface area contributed by atoms with Crippen LogP contribution in [0.25, 0.3) is 0 Å². The molecule has 104 valence electrons. The van der Waals surface area contributed by atoms with Crippen LogP contribution in [0.2, 0.25) is 19.6 Å². The summed E-state index contributed by atoms with van der Waals surface area (Å²) in [7, 11) is -1.65. The Morgan fingerprint density at radius 3 is 2.40 bits per heavy atom. The minimum Gasteiger partial charge on any atom is -0.543 e. The summed E-state index contributed by atoms with van der Waals surface area (Å²) in [6.45, 7) is 8.42. The second-order valence-corrected chi connectivity index (χ2v) is 9.94. The van der Waals surface area contributed by atoms with Gasteiger partial charge in [-0.05, 0) is 38.7 Å². The second-order valence-electron chi connectivity index (χ2n) is 5.51. The topological polar surface area (TPSA) is 47.4 Å². The number of para-hydroxylation sites is 2. The molecule has 0 spiro atoms. The highest BCUT2D eigenvalue weighted by Gasteiger charge is 2.17. The van der Waals surface area contributed by atoms with Crippen LogP contribution in [-0.4, -0.2) is 24.0 Å². The molecule has 2 aromatic rings. The summed E-state index contributed by atoms with van der Waals surface area (Å²) >= 11 is 0. The first kappa shape index (κ1) is 14.4. The third kappa shape index (κ3) is 3.99. The maximum atomic E-state index is 6.07. The van der Waals surface area contributed by atoms with Crippen molar-refractivity contribution in [2.45, 2.75) is 26.6 Å². The highest BCUT2D eigenvalue weighted by Crippen LogP contribution is 2.29. The molecule has 0 N–H and O–H groups in total. The molecule has 0 amide bonds. The van der Waals surface area contributed by atoms with E-state index in [0.29, 0.717) is 0 Å². The Morgan fingerprint density at radius 2 is 1.75 bits per heavy atom. The number of benzene rings is 1. The van der Waals surface area contributed by atoms with Gasteiger partial charge in [0.2, 0.25) is 8.32 Å². The number of hydrogen-bond acceptors (Lipinski definition) is 4. The van der Waals surface area contributed by atoms with Crippen molar-refractivity contribution >= 4 is 19.7 Å². The molecule has 0 saturated carbocycles. The Morgan fingerprint density at radius 1 is 1.10 bits per heavy atom. The van der Waals surface area contributed by atoms with E-state index in [-0.39, 0.29) is 0 Å². The van der Waals surface area contributed by atoms with Crippen molar-refractivity contribution in [1.82, 2.24) is 9.97 Å². The van der Waals surface area contributed by atoms with E-state index in [9.17, 15) is 0 Å². The van der Waals surface area contributed by atoms with Crippen molar-refractivity contribution in [3.63, 3.8) is 0 Å². The lowest BCUT2D eigenvalue weighted by Gasteiger charge is -2.20. The van der Waals surface area contributed by atoms with Gasteiger partial charge in [-0.2, -0.15) is 0 Å². The van der Waals surface area contributed by atoms with Gasteiger partial charge in [0.05, 0.1) is 0 Å². The number of aliphatic imine (C=N–C) groups is 1. The SMILES string of the molecule is CC(=Nc1ccccc1O[Si](C)(C)C)c1cncnc1. The molecular formula is C15H19N3OSi. The number of aromatic nitrogens is 2. The van der Waals surface area contributed by atoms with Gasteiger partial charge in [0.25, 0.3) is 0 Å². The van der Waals surface area contributed by atoms with Crippen molar-refractivity contribution < 1.29 is 4.43 Å². The quantitative estimate of drug-likeness (QED) is 0.633. The molecule has 0 radical (unpaired) electrons. The van der Waals surface area contributed by atoms with Gasteiger partial charge in [0.1, 0.15) is 17.8 Å². The van der Waals surface area contributed by atoms with E-state index in [4.69, 9.17) is 4.43 Å². The largest absolute Gasteiger partial charge is 0.543 e. The highest BCUT2D eigenvalue weighted by atomic mass is 28.4. The van der Waals surface area contributed by atoms with Crippen LogP contribution in [0.15, 0.2) is 48.0 Å². The van der Waals surface area contributed by atoms with E-state index in [1.807, 2.05) is 31.2 Å². The molecule has 1 heterocycles. The fourth-order valence-corrected chi connectivity index (χ4v) is 2.53. The minimum absolute atomic E-state index is 0.836. The molecule has 0 saturated heterocycles. The molecule has 5 heteroatoms. The van der Waals surface area contributed by atoms with E-state index in [0.717, 1.165) is 22.7 Å². The fraction of sp³-hybridized carbons (Fsp3) is 0.267. The summed E-state index contributed by atoms with van der Waals surface area (Å²) in [5, 5.41) is 0.